The largest absolute Gasteiger partial charge is 0.491 e. The van der Waals surface area contributed by atoms with Crippen LogP contribution in [0.3, 0.4) is 0 Å². The number of rotatable bonds is 39. The molecule has 0 radical (unpaired) electrons. The summed E-state index contributed by atoms with van der Waals surface area (Å²) in [6.45, 7) is 27.3. The van der Waals surface area contributed by atoms with E-state index < -0.39 is 0 Å². The summed E-state index contributed by atoms with van der Waals surface area (Å²) in [6, 6.07) is 50.7. The molecule has 6 aromatic carbocycles. The van der Waals surface area contributed by atoms with Gasteiger partial charge in [0.25, 0.3) is 0 Å². The Morgan fingerprint density at radius 1 is 0.468 bits per heavy atom. The summed E-state index contributed by atoms with van der Waals surface area (Å²) >= 11 is 0. The third-order valence-corrected chi connectivity index (χ3v) is 18.7. The molecule has 0 aliphatic heterocycles. The first-order valence-electron chi connectivity index (χ1n) is 38.7. The number of aromatic amines is 3. The fourth-order valence-corrected chi connectivity index (χ4v) is 12.4. The van der Waals surface area contributed by atoms with E-state index in [0.717, 1.165) is 120 Å². The first-order valence-corrected chi connectivity index (χ1v) is 38.7. The molecule has 0 unspecified atom stereocenters. The number of nitriles is 1. The average molecular weight is 1520 g/mol. The lowest BCUT2D eigenvalue weighted by Gasteiger charge is -2.28. The molecule has 19 heteroatoms. The van der Waals surface area contributed by atoms with Crippen LogP contribution < -0.4 is 23.7 Å². The van der Waals surface area contributed by atoms with Crippen molar-refractivity contribution < 1.29 is 28.8 Å². The summed E-state index contributed by atoms with van der Waals surface area (Å²) in [5.41, 5.74) is 16.7. The molecule has 4 heterocycles. The van der Waals surface area contributed by atoms with Crippen LogP contribution in [-0.4, -0.2) is 152 Å². The number of nitrogens with zero attached hydrogens (tertiary/aromatic N) is 10. The van der Waals surface area contributed by atoms with Crippen LogP contribution in [0.4, 0.5) is 0 Å². The molecule has 1 aliphatic rings. The van der Waals surface area contributed by atoms with Gasteiger partial charge in [-0.25, -0.2) is 0 Å². The number of nitrogens with one attached hydrogen (secondary N) is 3. The Bertz CT molecular complexity index is 4120. The Morgan fingerprint density at radius 3 is 1.20 bits per heavy atom. The van der Waals surface area contributed by atoms with Crippen LogP contribution in [0.25, 0.3) is 45.0 Å². The highest BCUT2D eigenvalue weighted by Gasteiger charge is 2.26. The van der Waals surface area contributed by atoms with Crippen LogP contribution in [0.2, 0.25) is 0 Å². The number of aliphatic hydroxyl groups is 1. The molecule has 0 saturated heterocycles. The molecular weight excluding hydrogens is 1380 g/mol. The predicted octanol–water partition coefficient (Wildman–Crippen LogP) is 21.2. The maximum atomic E-state index is 9.18. The predicted molar refractivity (Wildman–Crippen MR) is 460 cm³/mol. The van der Waals surface area contributed by atoms with E-state index in [4.69, 9.17) is 34.0 Å². The van der Waals surface area contributed by atoms with Gasteiger partial charge in [0, 0.05) is 65.1 Å². The fraction of sp³-hybridized carbons (Fsp3) is 0.467. The lowest BCUT2D eigenvalue weighted by molar-refractivity contribution is 0.216. The Kier molecular flexibility index (Phi) is 43.2. The van der Waals surface area contributed by atoms with E-state index in [1.165, 1.54) is 110 Å². The van der Waals surface area contributed by atoms with Crippen molar-refractivity contribution >= 4 is 0 Å². The number of aromatic nitrogens is 8. The molecule has 0 bridgehead atoms. The van der Waals surface area contributed by atoms with Gasteiger partial charge in [-0.2, -0.15) is 25.7 Å². The van der Waals surface area contributed by atoms with Crippen LogP contribution >= 0.6 is 0 Å². The molecule has 19 nitrogen and oxygen atoms in total. The maximum Gasteiger partial charge on any atom is 0.122 e. The standard InChI is InChI=1S/C26H35N3O2.C24H31N3O3.C22H33N3O.C16H20N4.4CH4/c1-5-6-15-29(4)19-23-18-27-28-26(23)22-9-13-25(14-10-22)31-17-16-30-24-11-7-21(8-12-24)20(2)3;1-3-4-12-27(2)17-21-16-25-26-24(21)20-8-10-22(11-9-20)29-13-14-30-23-7-5-6-19(15-23)18-28;1-5-6-14-24(4)16-19-15-23-25(20-8-7-9-20)22(19)18-10-12-21(13-11-18)26-17(2)3;1-3-4-9-20(2)12-15-11-18-19-16(15)14-7-5-13(10-17)6-8-14;;;;/h7-14,18,20H,5-6,15-17,19H2,1-4H3,(H,27,28);5-11,15-16,28H,3-4,12-14,17-18H2,1-2H3,(H,25,26);10-13,15,17,20H,5-9,14,16H2,1-4H3;5-8,11H,3-4,9,12H2,1-2H3,(H,18,19);4*1H4. The van der Waals surface area contributed by atoms with Crippen molar-refractivity contribution in [1.29, 1.82) is 5.26 Å². The fourth-order valence-electron chi connectivity index (χ4n) is 12.4. The molecule has 4 N–H and O–H groups in total. The molecule has 10 aromatic rings. The summed E-state index contributed by atoms with van der Waals surface area (Å²) < 4.78 is 31.2. The molecule has 1 fully saturated rings. The Morgan fingerprint density at radius 2 is 0.838 bits per heavy atom. The van der Waals surface area contributed by atoms with E-state index in [-0.39, 0.29) is 42.4 Å². The minimum absolute atomic E-state index is 0. The van der Waals surface area contributed by atoms with Gasteiger partial charge in [0.05, 0.1) is 77.9 Å². The Balaban J connectivity index is 0.000000312. The van der Waals surface area contributed by atoms with Gasteiger partial charge in [-0.1, -0.05) is 133 Å². The zero-order valence-corrected chi connectivity index (χ0v) is 65.8. The molecule has 11 rings (SSSR count). The van der Waals surface area contributed by atoms with Crippen LogP contribution in [0.15, 0.2) is 170 Å². The van der Waals surface area contributed by atoms with Gasteiger partial charge in [-0.15, -0.1) is 0 Å². The second kappa shape index (κ2) is 51.1. The normalized spacial score (nSPS) is 11.5. The lowest BCUT2D eigenvalue weighted by atomic mass is 9.92. The summed E-state index contributed by atoms with van der Waals surface area (Å²) in [6.07, 6.45) is 21.5. The van der Waals surface area contributed by atoms with E-state index in [9.17, 15) is 5.11 Å². The zero-order chi connectivity index (χ0) is 76.1. The van der Waals surface area contributed by atoms with Gasteiger partial charge in [0.2, 0.25) is 0 Å². The van der Waals surface area contributed by atoms with Crippen LogP contribution in [0.1, 0.15) is 207 Å². The topological polar surface area (TPSA) is 207 Å². The minimum Gasteiger partial charge on any atom is -0.491 e. The van der Waals surface area contributed by atoms with E-state index >= 15 is 0 Å². The van der Waals surface area contributed by atoms with Crippen molar-refractivity contribution in [3.8, 4) is 79.8 Å². The van der Waals surface area contributed by atoms with Gasteiger partial charge < -0.3 is 48.4 Å². The number of benzene rings is 6. The number of hydrogen-bond donors (Lipinski definition) is 4. The van der Waals surface area contributed by atoms with Crippen molar-refractivity contribution in [3.05, 3.63) is 209 Å². The molecule has 1 saturated carbocycles. The molecule has 4 aromatic heterocycles. The number of H-pyrrole nitrogens is 3. The highest BCUT2D eigenvalue weighted by molar-refractivity contribution is 5.67. The first-order chi connectivity index (χ1) is 52.1. The summed E-state index contributed by atoms with van der Waals surface area (Å²) in [4.78, 5) is 9.38. The number of ether oxygens (including phenoxy) is 5. The van der Waals surface area contributed by atoms with Crippen molar-refractivity contribution in [3.63, 3.8) is 0 Å². The van der Waals surface area contributed by atoms with Crippen molar-refractivity contribution in [2.24, 2.45) is 0 Å². The third kappa shape index (κ3) is 30.9. The van der Waals surface area contributed by atoms with Crippen LogP contribution in [0.5, 0.6) is 28.7 Å². The van der Waals surface area contributed by atoms with E-state index in [1.807, 2.05) is 116 Å². The van der Waals surface area contributed by atoms with E-state index in [1.54, 1.807) is 0 Å². The van der Waals surface area contributed by atoms with Gasteiger partial charge in [-0.3, -0.25) is 20.0 Å². The zero-order valence-electron chi connectivity index (χ0n) is 65.8. The lowest BCUT2D eigenvalue weighted by Crippen LogP contribution is -2.21. The second-order valence-electron chi connectivity index (χ2n) is 28.6. The Hall–Kier alpha value is -9.55. The quantitative estimate of drug-likeness (QED) is 0.0264. The van der Waals surface area contributed by atoms with E-state index in [0.29, 0.717) is 44.0 Å². The van der Waals surface area contributed by atoms with Gasteiger partial charge >= 0.3 is 0 Å². The highest BCUT2D eigenvalue weighted by Crippen LogP contribution is 2.38. The third-order valence-electron chi connectivity index (χ3n) is 18.7. The first kappa shape index (κ1) is 93.8. The van der Waals surface area contributed by atoms with Crippen molar-refractivity contribution in [1.82, 2.24) is 60.0 Å². The van der Waals surface area contributed by atoms with Gasteiger partial charge in [0.15, 0.2) is 0 Å². The number of aliphatic hydroxyl groups excluding tert-OH is 1. The molecule has 0 spiro atoms. The molecule has 111 heavy (non-hydrogen) atoms. The molecular formula is C92H135N13O6. The van der Waals surface area contributed by atoms with Gasteiger partial charge in [0.1, 0.15) is 55.2 Å². The van der Waals surface area contributed by atoms with E-state index in [2.05, 4.69) is 199 Å². The minimum atomic E-state index is 0. The number of unbranched alkanes of at least 4 members (excludes halogenated alkanes) is 4. The van der Waals surface area contributed by atoms with Crippen LogP contribution in [-0.2, 0) is 32.8 Å². The second-order valence-corrected chi connectivity index (χ2v) is 28.6. The summed E-state index contributed by atoms with van der Waals surface area (Å²) in [7, 11) is 8.64. The SMILES string of the molecule is C.C.C.C.CCCCN(C)Cc1cn[nH]c1-c1ccc(C#N)cc1.CCCCN(C)Cc1cn[nH]c1-c1ccc(OCCOc2ccc(C(C)C)cc2)cc1.CCCCN(C)Cc1cn[nH]c1-c1ccc(OCCOc2cccc(CO)c2)cc1.CCCCN(C)Cc1cnn(C2CCC2)c1-c1ccc(OC(C)C)cc1. The smallest absolute Gasteiger partial charge is 0.122 e. The molecule has 604 valence electrons. The molecule has 0 atom stereocenters. The monoisotopic (exact) mass is 1520 g/mol. The molecule has 0 amide bonds. The number of hydrogen-bond acceptors (Lipinski definition) is 15. The summed E-state index contributed by atoms with van der Waals surface area (Å²) in [5.74, 6) is 4.70. The molecule has 1 aliphatic carbocycles. The van der Waals surface area contributed by atoms with Crippen molar-refractivity contribution in [2.45, 2.75) is 207 Å². The van der Waals surface area contributed by atoms with Crippen molar-refractivity contribution in [2.75, 3.05) is 80.8 Å². The summed E-state index contributed by atoms with van der Waals surface area (Å²) in [5, 5.41) is 44.8. The van der Waals surface area contributed by atoms with Gasteiger partial charge in [-0.05, 0) is 245 Å². The average Bonchev–Trinajstić information content (AvgIpc) is 1.65. The highest BCUT2D eigenvalue weighted by atomic mass is 16.5. The Labute approximate surface area is 667 Å². The maximum absolute atomic E-state index is 9.18. The van der Waals surface area contributed by atoms with Crippen LogP contribution in [0, 0.1) is 11.3 Å².